The highest BCUT2D eigenvalue weighted by molar-refractivity contribution is 5.80. The summed E-state index contributed by atoms with van der Waals surface area (Å²) in [5, 5.41) is 1.05. The third-order valence-electron chi connectivity index (χ3n) is 6.45. The number of aromatic nitrogens is 3. The van der Waals surface area contributed by atoms with Crippen molar-refractivity contribution >= 4 is 17.0 Å². The molecule has 8 nitrogen and oxygen atoms in total. The molecule has 1 atom stereocenters. The van der Waals surface area contributed by atoms with Gasteiger partial charge in [-0.2, -0.15) is 0 Å². The Morgan fingerprint density at radius 3 is 2.59 bits per heavy atom. The molecule has 2 aromatic heterocycles. The van der Waals surface area contributed by atoms with E-state index in [9.17, 15) is 14.4 Å². The van der Waals surface area contributed by atoms with E-state index in [4.69, 9.17) is 4.74 Å². The van der Waals surface area contributed by atoms with Crippen LogP contribution in [0, 0.1) is 0 Å². The number of benzene rings is 2. The molecule has 0 saturated heterocycles. The van der Waals surface area contributed by atoms with Crippen LogP contribution in [0.2, 0.25) is 0 Å². The number of hydrogen-bond donors (Lipinski definition) is 1. The molecule has 2 aromatic carbocycles. The molecule has 1 amide bonds. The number of aromatic amines is 1. The van der Waals surface area contributed by atoms with Crippen LogP contribution in [0.1, 0.15) is 35.5 Å². The first kappa shape index (κ1) is 21.8. The average Bonchev–Trinajstić information content (AvgIpc) is 3.30. The van der Waals surface area contributed by atoms with Crippen molar-refractivity contribution in [1.82, 2.24) is 19.0 Å². The van der Waals surface area contributed by atoms with Crippen molar-refractivity contribution in [1.29, 1.82) is 0 Å². The summed E-state index contributed by atoms with van der Waals surface area (Å²) in [6.07, 6.45) is -0.547. The molecule has 0 fully saturated rings. The maximum Gasteiger partial charge on any atom is 0.410 e. The molecule has 0 aliphatic carbocycles. The van der Waals surface area contributed by atoms with Crippen molar-refractivity contribution < 1.29 is 9.53 Å². The number of para-hydroxylation sites is 1. The number of H-pyrrole nitrogens is 1. The molecule has 174 valence electrons. The third-order valence-corrected chi connectivity index (χ3v) is 6.45. The van der Waals surface area contributed by atoms with Crippen molar-refractivity contribution in [2.45, 2.75) is 32.5 Å². The summed E-state index contributed by atoms with van der Waals surface area (Å²) in [4.78, 5) is 43.9. The summed E-state index contributed by atoms with van der Waals surface area (Å²) < 4.78 is 8.47. The maximum absolute atomic E-state index is 13.3. The monoisotopic (exact) mass is 458 g/mol. The van der Waals surface area contributed by atoms with Crippen LogP contribution in [0.4, 0.5) is 4.79 Å². The first-order chi connectivity index (χ1) is 16.4. The molecule has 0 radical (unpaired) electrons. The summed E-state index contributed by atoms with van der Waals surface area (Å²) in [7, 11) is 1.67. The van der Waals surface area contributed by atoms with Crippen LogP contribution in [0.5, 0.6) is 0 Å². The lowest BCUT2D eigenvalue weighted by Crippen LogP contribution is -2.48. The molecule has 5 rings (SSSR count). The zero-order valence-corrected chi connectivity index (χ0v) is 19.2. The second-order valence-corrected chi connectivity index (χ2v) is 8.65. The number of hydrogen-bond acceptors (Lipinski definition) is 4. The standard InChI is InChI=1S/C26H26N4O4/c1-17(22-14-19-10-6-7-11-21(19)27-22)34-26(33)29-13-12-23-20(16-29)24(31)30(25(32)28(23)2)15-18-8-4-3-5-9-18/h3-11,14,17,27H,12-13,15-16H2,1-2H3. The molecule has 1 aliphatic heterocycles. The smallest absolute Gasteiger partial charge is 0.410 e. The number of nitrogens with zero attached hydrogens (tertiary/aromatic N) is 3. The van der Waals surface area contributed by atoms with Crippen molar-refractivity contribution in [2.24, 2.45) is 7.05 Å². The average molecular weight is 459 g/mol. The van der Waals surface area contributed by atoms with Gasteiger partial charge in [-0.05, 0) is 30.0 Å². The van der Waals surface area contributed by atoms with Gasteiger partial charge in [0, 0.05) is 31.2 Å². The van der Waals surface area contributed by atoms with E-state index in [0.29, 0.717) is 24.2 Å². The van der Waals surface area contributed by atoms with Gasteiger partial charge in [-0.25, -0.2) is 9.59 Å². The topological polar surface area (TPSA) is 89.3 Å². The summed E-state index contributed by atoms with van der Waals surface area (Å²) in [5.74, 6) is 0. The predicted octanol–water partition coefficient (Wildman–Crippen LogP) is 3.33. The van der Waals surface area contributed by atoms with E-state index in [1.54, 1.807) is 7.05 Å². The first-order valence-electron chi connectivity index (χ1n) is 11.3. The number of fused-ring (bicyclic) bond motifs is 2. The lowest BCUT2D eigenvalue weighted by Gasteiger charge is -2.30. The Kier molecular flexibility index (Phi) is 5.57. The van der Waals surface area contributed by atoms with Gasteiger partial charge < -0.3 is 19.2 Å². The predicted molar refractivity (Wildman–Crippen MR) is 129 cm³/mol. The molecule has 3 heterocycles. The van der Waals surface area contributed by atoms with Crippen molar-refractivity contribution in [2.75, 3.05) is 6.54 Å². The number of carbonyl (C=O) groups is 1. The van der Waals surface area contributed by atoms with E-state index in [1.807, 2.05) is 67.6 Å². The number of nitrogens with one attached hydrogen (secondary N) is 1. The van der Waals surface area contributed by atoms with Gasteiger partial charge in [0.15, 0.2) is 0 Å². The minimum Gasteiger partial charge on any atom is -0.440 e. The fourth-order valence-electron chi connectivity index (χ4n) is 4.53. The molecule has 1 aliphatic rings. The lowest BCUT2D eigenvalue weighted by molar-refractivity contribution is 0.0639. The molecular weight excluding hydrogens is 432 g/mol. The van der Waals surface area contributed by atoms with Crippen LogP contribution >= 0.6 is 0 Å². The van der Waals surface area contributed by atoms with E-state index in [0.717, 1.165) is 22.2 Å². The number of rotatable bonds is 4. The normalized spacial score (nSPS) is 14.1. The first-order valence-corrected chi connectivity index (χ1v) is 11.3. The Bertz CT molecular complexity index is 1450. The third kappa shape index (κ3) is 3.91. The Labute approximate surface area is 196 Å². The van der Waals surface area contributed by atoms with Crippen LogP contribution in [-0.2, 0) is 31.3 Å². The fraction of sp³-hybridized carbons (Fsp3) is 0.269. The van der Waals surface area contributed by atoms with Crippen LogP contribution in [0.15, 0.2) is 70.3 Å². The van der Waals surface area contributed by atoms with Crippen molar-refractivity contribution in [3.8, 4) is 0 Å². The Hall–Kier alpha value is -4.07. The lowest BCUT2D eigenvalue weighted by atomic mass is 10.1. The molecule has 0 spiro atoms. The van der Waals surface area contributed by atoms with Gasteiger partial charge in [0.2, 0.25) is 0 Å². The van der Waals surface area contributed by atoms with Crippen LogP contribution < -0.4 is 11.2 Å². The SMILES string of the molecule is CC(OC(=O)N1CCc2c(c(=O)n(Cc3ccccc3)c(=O)n2C)C1)c1cc2ccccc2[nH]1. The van der Waals surface area contributed by atoms with Crippen LogP contribution in [0.25, 0.3) is 10.9 Å². The van der Waals surface area contributed by atoms with E-state index in [2.05, 4.69) is 4.98 Å². The second kappa shape index (κ2) is 8.70. The highest BCUT2D eigenvalue weighted by atomic mass is 16.6. The highest BCUT2D eigenvalue weighted by Gasteiger charge is 2.29. The summed E-state index contributed by atoms with van der Waals surface area (Å²) >= 11 is 0. The molecule has 4 aromatic rings. The molecular formula is C26H26N4O4. The van der Waals surface area contributed by atoms with Crippen molar-refractivity contribution in [3.05, 3.63) is 104 Å². The Morgan fingerprint density at radius 2 is 1.82 bits per heavy atom. The molecule has 34 heavy (non-hydrogen) atoms. The van der Waals surface area contributed by atoms with E-state index >= 15 is 0 Å². The zero-order chi connectivity index (χ0) is 23.8. The van der Waals surface area contributed by atoms with Crippen LogP contribution in [-0.4, -0.2) is 31.7 Å². The molecule has 1 unspecified atom stereocenters. The largest absolute Gasteiger partial charge is 0.440 e. The molecule has 1 N–H and O–H groups in total. The zero-order valence-electron chi connectivity index (χ0n) is 19.2. The van der Waals surface area contributed by atoms with Crippen LogP contribution in [0.3, 0.4) is 0 Å². The van der Waals surface area contributed by atoms with Crippen molar-refractivity contribution in [3.63, 3.8) is 0 Å². The van der Waals surface area contributed by atoms with E-state index in [-0.39, 0.29) is 24.3 Å². The minimum atomic E-state index is -0.486. The summed E-state index contributed by atoms with van der Waals surface area (Å²) in [5.41, 5.74) is 3.07. The Balaban J connectivity index is 1.37. The van der Waals surface area contributed by atoms with E-state index in [1.165, 1.54) is 14.0 Å². The second-order valence-electron chi connectivity index (χ2n) is 8.65. The summed E-state index contributed by atoms with van der Waals surface area (Å²) in [6.45, 7) is 2.48. The fourth-order valence-corrected chi connectivity index (χ4v) is 4.53. The minimum absolute atomic E-state index is 0.106. The summed E-state index contributed by atoms with van der Waals surface area (Å²) in [6, 6.07) is 19.2. The van der Waals surface area contributed by atoms with Gasteiger partial charge in [-0.3, -0.25) is 9.36 Å². The Morgan fingerprint density at radius 1 is 1.09 bits per heavy atom. The molecule has 0 saturated carbocycles. The van der Waals surface area contributed by atoms with E-state index < -0.39 is 12.2 Å². The van der Waals surface area contributed by atoms with Gasteiger partial charge in [0.1, 0.15) is 6.10 Å². The van der Waals surface area contributed by atoms with Gasteiger partial charge in [0.25, 0.3) is 5.56 Å². The maximum atomic E-state index is 13.3. The molecule has 8 heteroatoms. The number of amides is 1. The number of carbonyl (C=O) groups excluding carboxylic acids is 1. The van der Waals surface area contributed by atoms with Gasteiger partial charge in [-0.15, -0.1) is 0 Å². The van der Waals surface area contributed by atoms with Gasteiger partial charge in [0.05, 0.1) is 24.3 Å². The quantitative estimate of drug-likeness (QED) is 0.508. The van der Waals surface area contributed by atoms with Gasteiger partial charge >= 0.3 is 11.8 Å². The van der Waals surface area contributed by atoms with Gasteiger partial charge in [-0.1, -0.05) is 48.5 Å². The number of ether oxygens (including phenoxy) is 1. The highest BCUT2D eigenvalue weighted by Crippen LogP contribution is 2.24. The molecule has 0 bridgehead atoms.